The van der Waals surface area contributed by atoms with Gasteiger partial charge >= 0.3 is 0 Å². The van der Waals surface area contributed by atoms with E-state index in [1.54, 1.807) is 7.11 Å². The van der Waals surface area contributed by atoms with Gasteiger partial charge in [-0.05, 0) is 23.3 Å². The van der Waals surface area contributed by atoms with Crippen molar-refractivity contribution in [2.75, 3.05) is 12.4 Å². The second kappa shape index (κ2) is 6.84. The molecule has 0 bridgehead atoms. The Morgan fingerprint density at radius 2 is 1.95 bits per heavy atom. The number of nitrogens with one attached hydrogen (secondary N) is 1. The van der Waals surface area contributed by atoms with Gasteiger partial charge < -0.3 is 15.8 Å². The maximum absolute atomic E-state index is 12.1. The Morgan fingerprint density at radius 1 is 1.20 bits per heavy atom. The molecule has 104 valence electrons. The number of hydrogen-bond donors (Lipinski definition) is 2. The lowest BCUT2D eigenvalue weighted by atomic mass is 10.1. The lowest BCUT2D eigenvalue weighted by Crippen LogP contribution is -2.27. The van der Waals surface area contributed by atoms with E-state index in [0.29, 0.717) is 6.61 Å². The Kier molecular flexibility index (Phi) is 4.87. The number of amides is 1. The number of anilines is 1. The van der Waals surface area contributed by atoms with Crippen LogP contribution in [0.15, 0.2) is 54.6 Å². The molecule has 0 aliphatic heterocycles. The number of rotatable bonds is 5. The highest BCUT2D eigenvalue weighted by molar-refractivity contribution is 5.95. The summed E-state index contributed by atoms with van der Waals surface area (Å²) in [7, 11) is 1.64. The molecule has 0 aliphatic rings. The van der Waals surface area contributed by atoms with Crippen LogP contribution in [0.2, 0.25) is 0 Å². The first-order valence-electron chi connectivity index (χ1n) is 6.40. The highest BCUT2D eigenvalue weighted by Gasteiger charge is 2.15. The number of carbonyl (C=O) groups is 1. The second-order valence-corrected chi connectivity index (χ2v) is 4.51. The first-order chi connectivity index (χ1) is 9.70. The molecule has 1 atom stereocenters. The summed E-state index contributed by atoms with van der Waals surface area (Å²) in [6.45, 7) is 0.508. The van der Waals surface area contributed by atoms with Crippen molar-refractivity contribution < 1.29 is 9.53 Å². The van der Waals surface area contributed by atoms with Gasteiger partial charge in [0.2, 0.25) is 5.91 Å². The molecule has 0 saturated heterocycles. The lowest BCUT2D eigenvalue weighted by Gasteiger charge is -2.13. The minimum absolute atomic E-state index is 0.231. The average Bonchev–Trinajstić information content (AvgIpc) is 2.48. The van der Waals surface area contributed by atoms with Crippen LogP contribution in [0.3, 0.4) is 0 Å². The molecule has 0 aromatic heterocycles. The number of methoxy groups -OCH3 is 1. The summed E-state index contributed by atoms with van der Waals surface area (Å²) in [5.74, 6) is -0.231. The van der Waals surface area contributed by atoms with Crippen LogP contribution in [0, 0.1) is 0 Å². The predicted octanol–water partition coefficient (Wildman–Crippen LogP) is 2.47. The van der Waals surface area contributed by atoms with Gasteiger partial charge in [0.15, 0.2) is 0 Å². The smallest absolute Gasteiger partial charge is 0.245 e. The number of carbonyl (C=O) groups excluding carboxylic acids is 1. The van der Waals surface area contributed by atoms with Crippen LogP contribution in [0.1, 0.15) is 17.2 Å². The molecule has 3 N–H and O–H groups in total. The third kappa shape index (κ3) is 3.66. The summed E-state index contributed by atoms with van der Waals surface area (Å²) in [5, 5.41) is 2.82. The normalized spacial score (nSPS) is 11.9. The van der Waals surface area contributed by atoms with Crippen molar-refractivity contribution in [1.82, 2.24) is 0 Å². The molecule has 2 aromatic carbocycles. The van der Waals surface area contributed by atoms with Gasteiger partial charge in [0.05, 0.1) is 6.61 Å². The van der Waals surface area contributed by atoms with Crippen molar-refractivity contribution in [2.24, 2.45) is 5.73 Å². The lowest BCUT2D eigenvalue weighted by molar-refractivity contribution is -0.117. The summed E-state index contributed by atoms with van der Waals surface area (Å²) in [6.07, 6.45) is 0. The highest BCUT2D eigenvalue weighted by atomic mass is 16.5. The summed E-state index contributed by atoms with van der Waals surface area (Å²) in [4.78, 5) is 12.1. The summed E-state index contributed by atoms with van der Waals surface area (Å²) in [5.41, 5.74) is 8.45. The molecule has 0 aliphatic carbocycles. The molecule has 0 heterocycles. The van der Waals surface area contributed by atoms with Crippen molar-refractivity contribution in [3.63, 3.8) is 0 Å². The Hall–Kier alpha value is -2.17. The van der Waals surface area contributed by atoms with Crippen LogP contribution in [0.25, 0.3) is 0 Å². The molecule has 2 rings (SSSR count). The van der Waals surface area contributed by atoms with Crippen molar-refractivity contribution in [3.8, 4) is 0 Å². The molecule has 0 fully saturated rings. The molecule has 20 heavy (non-hydrogen) atoms. The Labute approximate surface area is 118 Å². The van der Waals surface area contributed by atoms with Gasteiger partial charge in [-0.3, -0.25) is 4.79 Å². The van der Waals surface area contributed by atoms with Crippen molar-refractivity contribution in [1.29, 1.82) is 0 Å². The molecule has 1 unspecified atom stereocenters. The number of ether oxygens (including phenoxy) is 1. The highest BCUT2D eigenvalue weighted by Crippen LogP contribution is 2.15. The fraction of sp³-hybridized carbons (Fsp3) is 0.188. The quantitative estimate of drug-likeness (QED) is 0.877. The molecular weight excluding hydrogens is 252 g/mol. The number of nitrogens with two attached hydrogens (primary N) is 1. The molecule has 2 aromatic rings. The fourth-order valence-corrected chi connectivity index (χ4v) is 1.94. The zero-order chi connectivity index (χ0) is 14.4. The van der Waals surface area contributed by atoms with E-state index in [0.717, 1.165) is 16.8 Å². The minimum Gasteiger partial charge on any atom is -0.380 e. The monoisotopic (exact) mass is 270 g/mol. The van der Waals surface area contributed by atoms with Crippen molar-refractivity contribution in [2.45, 2.75) is 12.6 Å². The van der Waals surface area contributed by atoms with Gasteiger partial charge in [-0.15, -0.1) is 0 Å². The van der Waals surface area contributed by atoms with Crippen LogP contribution in [-0.2, 0) is 16.1 Å². The molecule has 0 radical (unpaired) electrons. The largest absolute Gasteiger partial charge is 0.380 e. The third-order valence-electron chi connectivity index (χ3n) is 2.95. The molecule has 4 nitrogen and oxygen atoms in total. The summed E-state index contributed by atoms with van der Waals surface area (Å²) < 4.78 is 5.07. The Morgan fingerprint density at radius 3 is 2.65 bits per heavy atom. The standard InChI is InChI=1S/C16H18N2O2/c1-20-11-12-6-5-9-14(10-12)18-16(19)15(17)13-7-3-2-4-8-13/h2-10,15H,11,17H2,1H3,(H,18,19). The van der Waals surface area contributed by atoms with Gasteiger partial charge in [0, 0.05) is 12.8 Å². The zero-order valence-electron chi connectivity index (χ0n) is 11.4. The van der Waals surface area contributed by atoms with Crippen LogP contribution < -0.4 is 11.1 Å². The Bertz CT molecular complexity index is 570. The average molecular weight is 270 g/mol. The maximum Gasteiger partial charge on any atom is 0.245 e. The minimum atomic E-state index is -0.678. The number of benzene rings is 2. The van der Waals surface area contributed by atoms with E-state index in [1.807, 2.05) is 54.6 Å². The van der Waals surface area contributed by atoms with E-state index in [9.17, 15) is 4.79 Å². The first kappa shape index (κ1) is 14.2. The maximum atomic E-state index is 12.1. The molecule has 0 spiro atoms. The van der Waals surface area contributed by atoms with Crippen LogP contribution in [-0.4, -0.2) is 13.0 Å². The van der Waals surface area contributed by atoms with Crippen molar-refractivity contribution >= 4 is 11.6 Å². The zero-order valence-corrected chi connectivity index (χ0v) is 11.4. The SMILES string of the molecule is COCc1cccc(NC(=O)C(N)c2ccccc2)c1. The van der Waals surface area contributed by atoms with E-state index in [4.69, 9.17) is 10.5 Å². The number of hydrogen-bond acceptors (Lipinski definition) is 3. The summed E-state index contributed by atoms with van der Waals surface area (Å²) >= 11 is 0. The third-order valence-corrected chi connectivity index (χ3v) is 2.95. The molecule has 1 amide bonds. The van der Waals surface area contributed by atoms with E-state index < -0.39 is 6.04 Å². The molecule has 4 heteroatoms. The van der Waals surface area contributed by atoms with Gasteiger partial charge in [-0.25, -0.2) is 0 Å². The van der Waals surface area contributed by atoms with Gasteiger partial charge in [0.25, 0.3) is 0 Å². The second-order valence-electron chi connectivity index (χ2n) is 4.51. The van der Waals surface area contributed by atoms with Crippen LogP contribution in [0.5, 0.6) is 0 Å². The van der Waals surface area contributed by atoms with Crippen LogP contribution >= 0.6 is 0 Å². The molecular formula is C16H18N2O2. The van der Waals surface area contributed by atoms with Gasteiger partial charge in [-0.1, -0.05) is 42.5 Å². The van der Waals surface area contributed by atoms with E-state index in [2.05, 4.69) is 5.32 Å². The van der Waals surface area contributed by atoms with Gasteiger partial charge in [0.1, 0.15) is 6.04 Å². The fourth-order valence-electron chi connectivity index (χ4n) is 1.94. The van der Waals surface area contributed by atoms with Crippen molar-refractivity contribution in [3.05, 3.63) is 65.7 Å². The van der Waals surface area contributed by atoms with E-state index in [-0.39, 0.29) is 5.91 Å². The Balaban J connectivity index is 2.06. The predicted molar refractivity (Wildman–Crippen MR) is 79.2 cm³/mol. The summed E-state index contributed by atoms with van der Waals surface area (Å²) in [6, 6.07) is 16.1. The first-order valence-corrected chi connectivity index (χ1v) is 6.40. The van der Waals surface area contributed by atoms with Crippen LogP contribution in [0.4, 0.5) is 5.69 Å². The van der Waals surface area contributed by atoms with Gasteiger partial charge in [-0.2, -0.15) is 0 Å². The topological polar surface area (TPSA) is 64.3 Å². The van der Waals surface area contributed by atoms with E-state index >= 15 is 0 Å². The van der Waals surface area contributed by atoms with E-state index in [1.165, 1.54) is 0 Å². The molecule has 0 saturated carbocycles.